The number of hydrogen-bond donors (Lipinski definition) is 1. The zero-order valence-electron chi connectivity index (χ0n) is 10.4. The highest BCUT2D eigenvalue weighted by molar-refractivity contribution is 5.93. The van der Waals surface area contributed by atoms with Gasteiger partial charge in [-0.1, -0.05) is 12.1 Å². The molecule has 2 nitrogen and oxygen atoms in total. The molecule has 0 aliphatic heterocycles. The average molecular weight is 272 g/mol. The molecule has 1 aromatic carbocycles. The van der Waals surface area contributed by atoms with E-state index in [-0.39, 0.29) is 16.8 Å². The molecular weight excluding hydrogens is 260 g/mol. The summed E-state index contributed by atoms with van der Waals surface area (Å²) in [5.74, 6) is -0.762. The molecule has 1 aromatic heterocycles. The number of alkyl halides is 3. The van der Waals surface area contributed by atoms with E-state index in [2.05, 4.69) is 10.3 Å². The third-order valence-electron chi connectivity index (χ3n) is 2.83. The van der Waals surface area contributed by atoms with Crippen LogP contribution in [0.3, 0.4) is 0 Å². The van der Waals surface area contributed by atoms with Gasteiger partial charge in [0, 0.05) is 23.2 Å². The van der Waals surface area contributed by atoms with Crippen LogP contribution in [-0.2, 0) is 6.18 Å². The minimum Gasteiger partial charge on any atom is -0.385 e. The summed E-state index contributed by atoms with van der Waals surface area (Å²) in [4.78, 5) is 3.45. The summed E-state index contributed by atoms with van der Waals surface area (Å²) >= 11 is 0. The maximum atomic E-state index is 13.6. The Bertz CT molecular complexity index is 620. The number of benzene rings is 1. The molecule has 0 amide bonds. The van der Waals surface area contributed by atoms with Crippen molar-refractivity contribution in [2.75, 3.05) is 11.9 Å². The molecule has 0 radical (unpaired) electrons. The number of anilines is 1. The van der Waals surface area contributed by atoms with E-state index in [0.29, 0.717) is 11.9 Å². The predicted molar refractivity (Wildman–Crippen MR) is 65.6 cm³/mol. The van der Waals surface area contributed by atoms with Crippen LogP contribution in [0.5, 0.6) is 0 Å². The number of nitrogens with one attached hydrogen (secondary N) is 1. The summed E-state index contributed by atoms with van der Waals surface area (Å²) in [6.07, 6.45) is -4.61. The topological polar surface area (TPSA) is 24.9 Å². The summed E-state index contributed by atoms with van der Waals surface area (Å²) in [5.41, 5.74) is -1.07. The molecule has 6 heteroatoms. The van der Waals surface area contributed by atoms with E-state index in [4.69, 9.17) is 0 Å². The van der Waals surface area contributed by atoms with Gasteiger partial charge in [0.1, 0.15) is 17.0 Å². The predicted octanol–water partition coefficient (Wildman–Crippen LogP) is 4.13. The Balaban J connectivity index is 2.87. The highest BCUT2D eigenvalue weighted by Gasteiger charge is 2.36. The Labute approximate surface area is 107 Å². The monoisotopic (exact) mass is 272 g/mol. The zero-order chi connectivity index (χ0) is 14.2. The van der Waals surface area contributed by atoms with E-state index in [0.717, 1.165) is 6.07 Å². The number of aromatic nitrogens is 1. The second kappa shape index (κ2) is 4.68. The van der Waals surface area contributed by atoms with Gasteiger partial charge in [0.15, 0.2) is 0 Å². The number of halogens is 4. The molecule has 0 unspecified atom stereocenters. The Morgan fingerprint density at radius 2 is 1.95 bits per heavy atom. The van der Waals surface area contributed by atoms with Crippen LogP contribution in [0, 0.1) is 12.7 Å². The molecule has 0 aliphatic carbocycles. The lowest BCUT2D eigenvalue weighted by atomic mass is 10.1. The normalized spacial score (nSPS) is 11.9. The number of rotatable bonds is 2. The van der Waals surface area contributed by atoms with Gasteiger partial charge in [-0.15, -0.1) is 0 Å². The van der Waals surface area contributed by atoms with Crippen molar-refractivity contribution in [3.8, 4) is 0 Å². The molecule has 102 valence electrons. The van der Waals surface area contributed by atoms with Gasteiger partial charge < -0.3 is 5.32 Å². The van der Waals surface area contributed by atoms with Crippen molar-refractivity contribution >= 4 is 16.6 Å². The first kappa shape index (κ1) is 13.6. The van der Waals surface area contributed by atoms with Crippen molar-refractivity contribution in [2.45, 2.75) is 20.0 Å². The minimum atomic E-state index is -4.61. The highest BCUT2D eigenvalue weighted by Crippen LogP contribution is 2.37. The molecule has 0 fully saturated rings. The first-order valence-electron chi connectivity index (χ1n) is 5.76. The fraction of sp³-hybridized carbons (Fsp3) is 0.308. The molecule has 1 N–H and O–H groups in total. The second-order valence-electron chi connectivity index (χ2n) is 4.12. The van der Waals surface area contributed by atoms with Crippen LogP contribution in [0.4, 0.5) is 23.2 Å². The van der Waals surface area contributed by atoms with Crippen LogP contribution in [0.1, 0.15) is 18.2 Å². The summed E-state index contributed by atoms with van der Waals surface area (Å²) < 4.78 is 52.4. The van der Waals surface area contributed by atoms with Crippen LogP contribution in [0.25, 0.3) is 10.9 Å². The number of pyridine rings is 1. The SMILES string of the molecule is CCNc1c(C)c(C(F)(F)F)nc2c(F)cccc12. The Kier molecular flexibility index (Phi) is 3.34. The molecule has 0 saturated carbocycles. The van der Waals surface area contributed by atoms with Crippen LogP contribution in [0.15, 0.2) is 18.2 Å². The Hall–Kier alpha value is -1.85. The number of fused-ring (bicyclic) bond motifs is 1. The molecular formula is C13H12F4N2. The zero-order valence-corrected chi connectivity index (χ0v) is 10.4. The largest absolute Gasteiger partial charge is 0.433 e. The van der Waals surface area contributed by atoms with Gasteiger partial charge in [-0.25, -0.2) is 9.37 Å². The van der Waals surface area contributed by atoms with Gasteiger partial charge in [-0.2, -0.15) is 13.2 Å². The molecule has 1 heterocycles. The van der Waals surface area contributed by atoms with Crippen LogP contribution < -0.4 is 5.32 Å². The van der Waals surface area contributed by atoms with Gasteiger partial charge in [-0.3, -0.25) is 0 Å². The lowest BCUT2D eigenvalue weighted by Crippen LogP contribution is -2.14. The molecule has 2 rings (SSSR count). The fourth-order valence-electron chi connectivity index (χ4n) is 2.03. The van der Waals surface area contributed by atoms with Crippen molar-refractivity contribution < 1.29 is 17.6 Å². The number of nitrogens with zero attached hydrogens (tertiary/aromatic N) is 1. The van der Waals surface area contributed by atoms with Gasteiger partial charge >= 0.3 is 6.18 Å². The Morgan fingerprint density at radius 1 is 1.26 bits per heavy atom. The molecule has 0 spiro atoms. The van der Waals surface area contributed by atoms with Gasteiger partial charge in [-0.05, 0) is 19.9 Å². The summed E-state index contributed by atoms with van der Waals surface area (Å²) in [6, 6.07) is 4.10. The average Bonchev–Trinajstić information content (AvgIpc) is 2.31. The minimum absolute atomic E-state index is 0.0209. The molecule has 0 atom stereocenters. The van der Waals surface area contributed by atoms with E-state index in [1.165, 1.54) is 13.0 Å². The molecule has 19 heavy (non-hydrogen) atoms. The van der Waals surface area contributed by atoms with Gasteiger partial charge in [0.2, 0.25) is 0 Å². The van der Waals surface area contributed by atoms with Crippen molar-refractivity contribution in [1.82, 2.24) is 4.98 Å². The van der Waals surface area contributed by atoms with Crippen LogP contribution in [0.2, 0.25) is 0 Å². The van der Waals surface area contributed by atoms with E-state index >= 15 is 0 Å². The van der Waals surface area contributed by atoms with E-state index < -0.39 is 17.7 Å². The summed E-state index contributed by atoms with van der Waals surface area (Å²) in [7, 11) is 0. The van der Waals surface area contributed by atoms with Gasteiger partial charge in [0.05, 0.1) is 0 Å². The number of para-hydroxylation sites is 1. The smallest absolute Gasteiger partial charge is 0.385 e. The van der Waals surface area contributed by atoms with Crippen molar-refractivity contribution in [1.29, 1.82) is 0 Å². The van der Waals surface area contributed by atoms with Gasteiger partial charge in [0.25, 0.3) is 0 Å². The van der Waals surface area contributed by atoms with E-state index in [9.17, 15) is 17.6 Å². The quantitative estimate of drug-likeness (QED) is 0.831. The Morgan fingerprint density at radius 3 is 2.53 bits per heavy atom. The highest BCUT2D eigenvalue weighted by atomic mass is 19.4. The first-order chi connectivity index (χ1) is 8.86. The third-order valence-corrected chi connectivity index (χ3v) is 2.83. The maximum absolute atomic E-state index is 13.6. The lowest BCUT2D eigenvalue weighted by Gasteiger charge is -2.17. The van der Waals surface area contributed by atoms with E-state index in [1.54, 1.807) is 13.0 Å². The van der Waals surface area contributed by atoms with E-state index in [1.807, 2.05) is 0 Å². The molecule has 0 bridgehead atoms. The van der Waals surface area contributed by atoms with Crippen molar-refractivity contribution in [3.05, 3.63) is 35.3 Å². The summed E-state index contributed by atoms with van der Waals surface area (Å²) in [6.45, 7) is 3.53. The number of hydrogen-bond acceptors (Lipinski definition) is 2. The standard InChI is InChI=1S/C13H12F4N2/c1-3-18-10-7(2)12(13(15,16)17)19-11-8(10)5-4-6-9(11)14/h4-6H,3H2,1-2H3,(H,18,19). The van der Waals surface area contributed by atoms with Crippen molar-refractivity contribution in [3.63, 3.8) is 0 Å². The van der Waals surface area contributed by atoms with Crippen LogP contribution in [-0.4, -0.2) is 11.5 Å². The molecule has 0 aliphatic rings. The third kappa shape index (κ3) is 2.34. The second-order valence-corrected chi connectivity index (χ2v) is 4.12. The van der Waals surface area contributed by atoms with Crippen LogP contribution >= 0.6 is 0 Å². The lowest BCUT2D eigenvalue weighted by molar-refractivity contribution is -0.141. The summed E-state index contributed by atoms with van der Waals surface area (Å²) in [5, 5.41) is 3.21. The maximum Gasteiger partial charge on any atom is 0.433 e. The van der Waals surface area contributed by atoms with Crippen molar-refractivity contribution in [2.24, 2.45) is 0 Å². The molecule has 2 aromatic rings. The fourth-order valence-corrected chi connectivity index (χ4v) is 2.03. The molecule has 0 saturated heterocycles. The first-order valence-corrected chi connectivity index (χ1v) is 5.76.